The lowest BCUT2D eigenvalue weighted by Crippen LogP contribution is -2.41. The Balaban J connectivity index is 1.88. The zero-order chi connectivity index (χ0) is 17.8. The first kappa shape index (κ1) is 17.3. The molecule has 1 aliphatic rings. The molecule has 0 bridgehead atoms. The smallest absolute Gasteiger partial charge is 0.118 e. The first-order valence-electron chi connectivity index (χ1n) is 8.41. The Morgan fingerprint density at radius 2 is 1.44 bits per heavy atom. The van der Waals surface area contributed by atoms with Crippen LogP contribution < -0.4 is 14.8 Å². The summed E-state index contributed by atoms with van der Waals surface area (Å²) >= 11 is 0. The largest absolute Gasteiger partial charge is 0.497 e. The topological polar surface area (TPSA) is 63.1 Å². The van der Waals surface area contributed by atoms with Crippen LogP contribution in [0.5, 0.6) is 11.5 Å². The Kier molecular flexibility index (Phi) is 5.24. The molecule has 2 aromatic carbocycles. The quantitative estimate of drug-likeness (QED) is 0.653. The standard InChI is InChI=1S/C20H24N2O3/c1-13-18(22-23)12-19(14-4-8-16(24-2)9-5-14)21-20(13)15-6-10-17(25-3)11-7-15/h4-11,13,19-21,23H,12H2,1-3H3/b22-18+/t13-,19+,20+/m1/s1. The van der Waals surface area contributed by atoms with Gasteiger partial charge in [-0.3, -0.25) is 0 Å². The van der Waals surface area contributed by atoms with Gasteiger partial charge in [-0.25, -0.2) is 0 Å². The highest BCUT2D eigenvalue weighted by molar-refractivity contribution is 5.88. The van der Waals surface area contributed by atoms with Crippen LogP contribution in [0.3, 0.4) is 0 Å². The SMILES string of the molecule is COc1ccc([C@@H]2C/C(=N\O)[C@@H](C)[C@@H](c3ccc(OC)cc3)N2)cc1. The van der Waals surface area contributed by atoms with Crippen LogP contribution in [0.4, 0.5) is 0 Å². The maximum absolute atomic E-state index is 9.48. The second-order valence-electron chi connectivity index (χ2n) is 6.33. The van der Waals surface area contributed by atoms with Gasteiger partial charge in [0.2, 0.25) is 0 Å². The molecule has 0 radical (unpaired) electrons. The molecule has 1 aliphatic heterocycles. The number of hydrogen-bond donors (Lipinski definition) is 2. The van der Waals surface area contributed by atoms with Crippen LogP contribution >= 0.6 is 0 Å². The van der Waals surface area contributed by atoms with Crippen LogP contribution in [0.25, 0.3) is 0 Å². The molecular weight excluding hydrogens is 316 g/mol. The Morgan fingerprint density at radius 3 is 1.92 bits per heavy atom. The molecule has 0 amide bonds. The van der Waals surface area contributed by atoms with Crippen molar-refractivity contribution < 1.29 is 14.7 Å². The number of nitrogens with zero attached hydrogens (tertiary/aromatic N) is 1. The van der Waals surface area contributed by atoms with Crippen molar-refractivity contribution in [3.05, 3.63) is 59.7 Å². The van der Waals surface area contributed by atoms with E-state index in [1.165, 1.54) is 0 Å². The lowest BCUT2D eigenvalue weighted by Gasteiger charge is -2.37. The number of benzene rings is 2. The number of oxime groups is 1. The fourth-order valence-corrected chi connectivity index (χ4v) is 3.39. The van der Waals surface area contributed by atoms with Gasteiger partial charge in [0.05, 0.1) is 19.9 Å². The maximum atomic E-state index is 9.48. The van der Waals surface area contributed by atoms with E-state index in [0.717, 1.165) is 28.3 Å². The fourth-order valence-electron chi connectivity index (χ4n) is 3.39. The normalized spacial score (nSPS) is 24.9. The summed E-state index contributed by atoms with van der Waals surface area (Å²) in [6.45, 7) is 2.08. The molecule has 5 heteroatoms. The second kappa shape index (κ2) is 7.57. The van der Waals surface area contributed by atoms with Crippen LogP contribution in [0.2, 0.25) is 0 Å². The first-order chi connectivity index (χ1) is 12.2. The van der Waals surface area contributed by atoms with Gasteiger partial charge in [0, 0.05) is 24.4 Å². The summed E-state index contributed by atoms with van der Waals surface area (Å²) in [5.41, 5.74) is 3.10. The molecule has 3 rings (SSSR count). The van der Waals surface area contributed by atoms with Crippen LogP contribution in [0.1, 0.15) is 36.6 Å². The van der Waals surface area contributed by atoms with E-state index in [9.17, 15) is 5.21 Å². The van der Waals surface area contributed by atoms with Gasteiger partial charge < -0.3 is 20.0 Å². The van der Waals surface area contributed by atoms with Crippen LogP contribution in [0, 0.1) is 5.92 Å². The number of piperidine rings is 1. The van der Waals surface area contributed by atoms with Crippen LogP contribution in [-0.2, 0) is 0 Å². The lowest BCUT2D eigenvalue weighted by molar-refractivity contribution is 0.294. The molecular formula is C20H24N2O3. The summed E-state index contributed by atoms with van der Waals surface area (Å²) in [4.78, 5) is 0. The van der Waals surface area contributed by atoms with Crippen molar-refractivity contribution in [3.8, 4) is 11.5 Å². The van der Waals surface area contributed by atoms with Gasteiger partial charge in [-0.05, 0) is 35.4 Å². The molecule has 0 unspecified atom stereocenters. The molecule has 2 aromatic rings. The summed E-state index contributed by atoms with van der Waals surface area (Å²) in [5, 5.41) is 16.8. The number of rotatable bonds is 4. The zero-order valence-corrected chi connectivity index (χ0v) is 14.8. The minimum Gasteiger partial charge on any atom is -0.497 e. The molecule has 1 heterocycles. The number of nitrogens with one attached hydrogen (secondary N) is 1. The zero-order valence-electron chi connectivity index (χ0n) is 14.8. The van der Waals surface area contributed by atoms with Crippen molar-refractivity contribution >= 4 is 5.71 Å². The lowest BCUT2D eigenvalue weighted by atomic mass is 9.81. The molecule has 0 aromatic heterocycles. The average Bonchev–Trinajstić information content (AvgIpc) is 2.68. The van der Waals surface area contributed by atoms with Crippen molar-refractivity contribution in [1.29, 1.82) is 0 Å². The molecule has 0 saturated carbocycles. The summed E-state index contributed by atoms with van der Waals surface area (Å²) in [5.74, 6) is 1.76. The van der Waals surface area contributed by atoms with Gasteiger partial charge in [-0.15, -0.1) is 0 Å². The minimum absolute atomic E-state index is 0.0673. The van der Waals surface area contributed by atoms with E-state index >= 15 is 0 Å². The highest BCUT2D eigenvalue weighted by Crippen LogP contribution is 2.36. The molecule has 132 valence electrons. The third kappa shape index (κ3) is 3.61. The highest BCUT2D eigenvalue weighted by Gasteiger charge is 2.33. The van der Waals surface area contributed by atoms with Gasteiger partial charge in [-0.2, -0.15) is 0 Å². The van der Waals surface area contributed by atoms with Crippen molar-refractivity contribution in [2.45, 2.75) is 25.4 Å². The predicted octanol–water partition coefficient (Wildman–Crippen LogP) is 3.95. The second-order valence-corrected chi connectivity index (χ2v) is 6.33. The van der Waals surface area contributed by atoms with E-state index in [0.29, 0.717) is 6.42 Å². The third-order valence-electron chi connectivity index (χ3n) is 4.94. The van der Waals surface area contributed by atoms with Gasteiger partial charge in [0.15, 0.2) is 0 Å². The van der Waals surface area contributed by atoms with Crippen molar-refractivity contribution in [2.24, 2.45) is 11.1 Å². The fraction of sp³-hybridized carbons (Fsp3) is 0.350. The first-order valence-corrected chi connectivity index (χ1v) is 8.41. The van der Waals surface area contributed by atoms with Gasteiger partial charge in [0.25, 0.3) is 0 Å². The van der Waals surface area contributed by atoms with Crippen molar-refractivity contribution in [2.75, 3.05) is 14.2 Å². The molecule has 25 heavy (non-hydrogen) atoms. The number of ether oxygens (including phenoxy) is 2. The van der Waals surface area contributed by atoms with E-state index in [2.05, 4.69) is 29.5 Å². The number of methoxy groups -OCH3 is 2. The summed E-state index contributed by atoms with van der Waals surface area (Å²) < 4.78 is 10.5. The molecule has 0 aliphatic carbocycles. The Labute approximate surface area is 148 Å². The molecule has 0 spiro atoms. The summed E-state index contributed by atoms with van der Waals surface area (Å²) in [7, 11) is 3.32. The summed E-state index contributed by atoms with van der Waals surface area (Å²) in [6, 6.07) is 16.2. The monoisotopic (exact) mass is 340 g/mol. The summed E-state index contributed by atoms with van der Waals surface area (Å²) in [6.07, 6.45) is 0.677. The van der Waals surface area contributed by atoms with E-state index in [1.54, 1.807) is 14.2 Å². The molecule has 1 fully saturated rings. The average molecular weight is 340 g/mol. The van der Waals surface area contributed by atoms with E-state index < -0.39 is 0 Å². The van der Waals surface area contributed by atoms with Crippen LogP contribution in [0.15, 0.2) is 53.7 Å². The van der Waals surface area contributed by atoms with Crippen molar-refractivity contribution in [1.82, 2.24) is 5.32 Å². The minimum atomic E-state index is 0.0673. The predicted molar refractivity (Wildman–Crippen MR) is 97.6 cm³/mol. The van der Waals surface area contributed by atoms with Gasteiger partial charge in [-0.1, -0.05) is 36.3 Å². The van der Waals surface area contributed by atoms with Crippen LogP contribution in [-0.4, -0.2) is 25.1 Å². The molecule has 1 saturated heterocycles. The van der Waals surface area contributed by atoms with Gasteiger partial charge >= 0.3 is 0 Å². The number of hydrogen-bond acceptors (Lipinski definition) is 5. The Hall–Kier alpha value is -2.53. The Morgan fingerprint density at radius 1 is 0.920 bits per heavy atom. The van der Waals surface area contributed by atoms with Gasteiger partial charge in [0.1, 0.15) is 11.5 Å². The third-order valence-corrected chi connectivity index (χ3v) is 4.94. The molecule has 5 nitrogen and oxygen atoms in total. The highest BCUT2D eigenvalue weighted by atomic mass is 16.5. The van der Waals surface area contributed by atoms with E-state index in [4.69, 9.17) is 9.47 Å². The van der Waals surface area contributed by atoms with Crippen molar-refractivity contribution in [3.63, 3.8) is 0 Å². The Bertz CT molecular complexity index is 726. The maximum Gasteiger partial charge on any atom is 0.118 e. The molecule has 2 N–H and O–H groups in total. The molecule has 3 atom stereocenters. The van der Waals surface area contributed by atoms with E-state index in [1.807, 2.05) is 36.4 Å². The van der Waals surface area contributed by atoms with E-state index in [-0.39, 0.29) is 18.0 Å².